The Labute approximate surface area is 298 Å². The van der Waals surface area contributed by atoms with Crippen molar-refractivity contribution in [3.63, 3.8) is 0 Å². The molecule has 50 heavy (non-hydrogen) atoms. The van der Waals surface area contributed by atoms with Gasteiger partial charge in [0.1, 0.15) is 11.5 Å². The Morgan fingerprint density at radius 1 is 0.440 bits per heavy atom. The van der Waals surface area contributed by atoms with E-state index in [1.807, 2.05) is 24.3 Å². The van der Waals surface area contributed by atoms with Crippen LogP contribution in [0.15, 0.2) is 109 Å². The van der Waals surface area contributed by atoms with Crippen LogP contribution in [0.4, 0.5) is 0 Å². The van der Waals surface area contributed by atoms with Gasteiger partial charge in [-0.05, 0) is 101 Å². The molecule has 0 spiro atoms. The van der Waals surface area contributed by atoms with Crippen molar-refractivity contribution in [2.45, 2.75) is 77.0 Å². The highest BCUT2D eigenvalue weighted by molar-refractivity contribution is 5.73. The van der Waals surface area contributed by atoms with E-state index < -0.39 is 0 Å². The van der Waals surface area contributed by atoms with E-state index in [0.29, 0.717) is 0 Å². The third-order valence-electron chi connectivity index (χ3n) is 10.0. The summed E-state index contributed by atoms with van der Waals surface area (Å²) in [6.07, 6.45) is 9.57. The molecule has 5 aromatic carbocycles. The summed E-state index contributed by atoms with van der Waals surface area (Å²) in [7, 11) is 0. The lowest BCUT2D eigenvalue weighted by molar-refractivity contribution is 0.300. The molecule has 0 fully saturated rings. The van der Waals surface area contributed by atoms with Gasteiger partial charge in [0.15, 0.2) is 0 Å². The number of hydrogen-bond acceptors (Lipinski definition) is 2. The SMILES string of the molecule is CCCCCCOc1ccc(C#Cc2ccc(C#Cc3ccc(OCCCCCC)c4c3C3c5ccccc5C4c4ccccc43)cc2)cc1. The van der Waals surface area contributed by atoms with Crippen LogP contribution in [-0.2, 0) is 0 Å². The summed E-state index contributed by atoms with van der Waals surface area (Å²) >= 11 is 0. The average Bonchev–Trinajstić information content (AvgIpc) is 3.17. The van der Waals surface area contributed by atoms with Gasteiger partial charge in [-0.25, -0.2) is 0 Å². The second-order valence-electron chi connectivity index (χ2n) is 13.5. The average molecular weight is 655 g/mol. The van der Waals surface area contributed by atoms with Gasteiger partial charge in [-0.3, -0.25) is 0 Å². The summed E-state index contributed by atoms with van der Waals surface area (Å²) in [5.41, 5.74) is 12.2. The fourth-order valence-corrected chi connectivity index (χ4v) is 7.48. The fourth-order valence-electron chi connectivity index (χ4n) is 7.48. The van der Waals surface area contributed by atoms with Gasteiger partial charge in [-0.2, -0.15) is 0 Å². The summed E-state index contributed by atoms with van der Waals surface area (Å²) in [6, 6.07) is 38.6. The Morgan fingerprint density at radius 3 is 1.42 bits per heavy atom. The van der Waals surface area contributed by atoms with E-state index in [4.69, 9.17) is 9.47 Å². The zero-order valence-electron chi connectivity index (χ0n) is 29.4. The van der Waals surface area contributed by atoms with Crippen LogP contribution in [0.5, 0.6) is 11.5 Å². The van der Waals surface area contributed by atoms with Gasteiger partial charge in [-0.1, -0.05) is 125 Å². The minimum atomic E-state index is 0.138. The van der Waals surface area contributed by atoms with Crippen molar-refractivity contribution < 1.29 is 9.47 Å². The Balaban J connectivity index is 1.13. The molecule has 0 amide bonds. The van der Waals surface area contributed by atoms with E-state index in [2.05, 4.69) is 122 Å². The molecule has 0 saturated heterocycles. The summed E-state index contributed by atoms with van der Waals surface area (Å²) < 4.78 is 12.5. The third-order valence-corrected chi connectivity index (χ3v) is 10.0. The zero-order chi connectivity index (χ0) is 34.1. The monoisotopic (exact) mass is 654 g/mol. The van der Waals surface area contributed by atoms with E-state index in [-0.39, 0.29) is 11.8 Å². The number of unbranched alkanes of at least 4 members (excludes halogenated alkanes) is 6. The molecular formula is C48H46O2. The second kappa shape index (κ2) is 16.0. The number of ether oxygens (including phenoxy) is 2. The van der Waals surface area contributed by atoms with Gasteiger partial charge in [0.05, 0.1) is 13.2 Å². The second-order valence-corrected chi connectivity index (χ2v) is 13.5. The van der Waals surface area contributed by atoms with Crippen molar-refractivity contribution in [3.05, 3.63) is 165 Å². The summed E-state index contributed by atoms with van der Waals surface area (Å²) in [6.45, 7) is 5.98. The van der Waals surface area contributed by atoms with Gasteiger partial charge < -0.3 is 9.47 Å². The Kier molecular flexibility index (Phi) is 10.7. The van der Waals surface area contributed by atoms with Crippen LogP contribution in [0, 0.1) is 23.7 Å². The van der Waals surface area contributed by atoms with E-state index in [1.165, 1.54) is 71.9 Å². The van der Waals surface area contributed by atoms with Crippen molar-refractivity contribution in [1.29, 1.82) is 0 Å². The van der Waals surface area contributed by atoms with Crippen LogP contribution in [-0.4, -0.2) is 13.2 Å². The lowest BCUT2D eigenvalue weighted by Crippen LogP contribution is -2.29. The van der Waals surface area contributed by atoms with Gasteiger partial charge in [0.2, 0.25) is 0 Å². The number of benzene rings is 5. The van der Waals surface area contributed by atoms with Crippen LogP contribution < -0.4 is 9.47 Å². The molecule has 3 aliphatic carbocycles. The molecule has 2 nitrogen and oxygen atoms in total. The topological polar surface area (TPSA) is 18.5 Å². The first-order valence-corrected chi connectivity index (χ1v) is 18.6. The van der Waals surface area contributed by atoms with Crippen LogP contribution in [0.2, 0.25) is 0 Å². The molecule has 0 heterocycles. The highest BCUT2D eigenvalue weighted by Crippen LogP contribution is 2.58. The molecule has 0 aliphatic heterocycles. The third kappa shape index (κ3) is 7.22. The zero-order valence-corrected chi connectivity index (χ0v) is 29.4. The Morgan fingerprint density at radius 2 is 0.900 bits per heavy atom. The highest BCUT2D eigenvalue weighted by atomic mass is 16.5. The standard InChI is InChI=1S/C48H46O2/c1-3-5-7-13-33-49-39-30-26-37(27-31-39)24-21-35-19-22-36(23-20-35)25-28-38-29-32-44(50-34-14-8-6-4-2)48-45(38)46-40-15-9-11-17-42(40)47(48)43-18-12-10-16-41(43)46/h9-12,15-20,22-23,26-27,29-32,46-47H,3-8,13-14,33-34H2,1-2H3. The predicted octanol–water partition coefficient (Wildman–Crippen LogP) is 11.4. The molecule has 0 atom stereocenters. The lowest BCUT2D eigenvalue weighted by atomic mass is 9.60. The Bertz CT molecular complexity index is 2000. The maximum atomic E-state index is 6.59. The first-order valence-electron chi connectivity index (χ1n) is 18.6. The van der Waals surface area contributed by atoms with Crippen LogP contribution in [0.25, 0.3) is 0 Å². The number of rotatable bonds is 12. The lowest BCUT2D eigenvalue weighted by Gasteiger charge is -2.43. The summed E-state index contributed by atoms with van der Waals surface area (Å²) in [5.74, 6) is 15.9. The van der Waals surface area contributed by atoms with Crippen molar-refractivity contribution in [2.24, 2.45) is 0 Å². The van der Waals surface area contributed by atoms with Crippen molar-refractivity contribution in [1.82, 2.24) is 0 Å². The molecule has 0 radical (unpaired) electrons. The Hall–Kier alpha value is -5.18. The fraction of sp³-hybridized carbons (Fsp3) is 0.292. The minimum absolute atomic E-state index is 0.138. The molecular weight excluding hydrogens is 609 g/mol. The predicted molar refractivity (Wildman–Crippen MR) is 205 cm³/mol. The van der Waals surface area contributed by atoms with Crippen molar-refractivity contribution in [2.75, 3.05) is 13.2 Å². The normalized spacial score (nSPS) is 14.7. The smallest absolute Gasteiger partial charge is 0.123 e. The summed E-state index contributed by atoms with van der Waals surface area (Å²) in [4.78, 5) is 0. The van der Waals surface area contributed by atoms with Crippen molar-refractivity contribution in [3.8, 4) is 35.2 Å². The largest absolute Gasteiger partial charge is 0.494 e. The molecule has 0 aromatic heterocycles. The molecule has 0 unspecified atom stereocenters. The molecule has 5 aromatic rings. The first kappa shape index (κ1) is 33.3. The molecule has 2 heteroatoms. The van der Waals surface area contributed by atoms with Crippen molar-refractivity contribution >= 4 is 0 Å². The minimum Gasteiger partial charge on any atom is -0.494 e. The highest BCUT2D eigenvalue weighted by Gasteiger charge is 2.43. The maximum Gasteiger partial charge on any atom is 0.123 e. The van der Waals surface area contributed by atoms with Gasteiger partial charge >= 0.3 is 0 Å². The first-order chi connectivity index (χ1) is 24.7. The molecule has 250 valence electrons. The molecule has 0 saturated carbocycles. The van der Waals surface area contributed by atoms with Gasteiger partial charge in [0.25, 0.3) is 0 Å². The van der Waals surface area contributed by atoms with E-state index in [0.717, 1.165) is 59.8 Å². The van der Waals surface area contributed by atoms with Gasteiger partial charge in [0, 0.05) is 39.7 Å². The maximum absolute atomic E-state index is 6.59. The molecule has 3 aliphatic rings. The van der Waals surface area contributed by atoms with E-state index in [9.17, 15) is 0 Å². The number of hydrogen-bond donors (Lipinski definition) is 0. The molecule has 0 N–H and O–H groups in total. The van der Waals surface area contributed by atoms with Crippen LogP contribution in [0.3, 0.4) is 0 Å². The van der Waals surface area contributed by atoms with E-state index >= 15 is 0 Å². The quantitative estimate of drug-likeness (QED) is 0.0964. The molecule has 8 rings (SSSR count). The van der Waals surface area contributed by atoms with Crippen LogP contribution >= 0.6 is 0 Å². The van der Waals surface area contributed by atoms with E-state index in [1.54, 1.807) is 0 Å². The summed E-state index contributed by atoms with van der Waals surface area (Å²) in [5, 5.41) is 0. The molecule has 2 bridgehead atoms. The van der Waals surface area contributed by atoms with Gasteiger partial charge in [-0.15, -0.1) is 0 Å². The van der Waals surface area contributed by atoms with Crippen LogP contribution in [0.1, 0.15) is 133 Å².